The zero-order chi connectivity index (χ0) is 18.9. The number of carbonyl (C=O) groups excluding carboxylic acids is 1. The number of hydrogen-bond acceptors (Lipinski definition) is 3. The molecule has 2 amide bonds. The third kappa shape index (κ3) is 5.90. The molecule has 0 spiro atoms. The molecule has 5 nitrogen and oxygen atoms in total. The van der Waals surface area contributed by atoms with Crippen molar-refractivity contribution in [3.8, 4) is 5.75 Å². The molecule has 0 bridgehead atoms. The molecule has 1 aliphatic heterocycles. The fourth-order valence-electron chi connectivity index (χ4n) is 3.68. The van der Waals surface area contributed by atoms with Crippen molar-refractivity contribution < 1.29 is 9.53 Å². The second kappa shape index (κ2) is 10.4. The molecule has 1 aromatic carbocycles. The van der Waals surface area contributed by atoms with E-state index in [1.807, 2.05) is 29.0 Å². The summed E-state index contributed by atoms with van der Waals surface area (Å²) in [5.74, 6) is 0.909. The van der Waals surface area contributed by atoms with E-state index >= 15 is 0 Å². The van der Waals surface area contributed by atoms with Gasteiger partial charge in [0.1, 0.15) is 5.75 Å². The molecular weight excluding hydrogens is 326 g/mol. The van der Waals surface area contributed by atoms with Crippen molar-refractivity contribution in [2.75, 3.05) is 46.9 Å². The van der Waals surface area contributed by atoms with Crippen LogP contribution in [0.4, 0.5) is 4.79 Å². The zero-order valence-electron chi connectivity index (χ0n) is 16.9. The Morgan fingerprint density at radius 1 is 1.19 bits per heavy atom. The zero-order valence-corrected chi connectivity index (χ0v) is 16.9. The molecule has 1 unspecified atom stereocenters. The number of amides is 2. The van der Waals surface area contributed by atoms with Crippen LogP contribution in [-0.4, -0.2) is 73.7 Å². The smallest absolute Gasteiger partial charge is 0.319 e. The fourth-order valence-corrected chi connectivity index (χ4v) is 3.68. The highest BCUT2D eigenvalue weighted by molar-refractivity contribution is 5.74. The first-order valence-electron chi connectivity index (χ1n) is 9.92. The largest absolute Gasteiger partial charge is 0.497 e. The maximum Gasteiger partial charge on any atom is 0.319 e. The summed E-state index contributed by atoms with van der Waals surface area (Å²) < 4.78 is 5.23. The van der Waals surface area contributed by atoms with Crippen LogP contribution in [0, 0.1) is 0 Å². The first-order chi connectivity index (χ1) is 12.5. The van der Waals surface area contributed by atoms with Crippen LogP contribution in [-0.2, 0) is 6.42 Å². The van der Waals surface area contributed by atoms with Gasteiger partial charge in [-0.25, -0.2) is 4.79 Å². The molecular formula is C21H35N3O2. The van der Waals surface area contributed by atoms with Gasteiger partial charge in [-0.1, -0.05) is 19.1 Å². The summed E-state index contributed by atoms with van der Waals surface area (Å²) in [7, 11) is 3.60. The Balaban J connectivity index is 1.72. The minimum Gasteiger partial charge on any atom is -0.497 e. The van der Waals surface area contributed by atoms with Crippen molar-refractivity contribution in [1.29, 1.82) is 0 Å². The molecule has 2 rings (SSSR count). The molecule has 0 radical (unpaired) electrons. The second-order valence-electron chi connectivity index (χ2n) is 7.28. The Hall–Kier alpha value is -1.75. The van der Waals surface area contributed by atoms with E-state index in [0.29, 0.717) is 6.04 Å². The lowest BCUT2D eigenvalue weighted by molar-refractivity contribution is 0.138. The SMILES string of the molecule is CCN(CCCCN1CCCN(C)C1=O)C(C)Cc1ccc(OC)cc1. The Labute approximate surface area is 158 Å². The predicted octanol–water partition coefficient (Wildman–Crippen LogP) is 3.49. The molecule has 146 valence electrons. The Kier molecular flexibility index (Phi) is 8.23. The molecule has 5 heteroatoms. The van der Waals surface area contributed by atoms with Crippen molar-refractivity contribution in [2.24, 2.45) is 0 Å². The first kappa shape index (κ1) is 20.6. The molecule has 1 heterocycles. The van der Waals surface area contributed by atoms with Gasteiger partial charge in [-0.3, -0.25) is 0 Å². The van der Waals surface area contributed by atoms with Gasteiger partial charge >= 0.3 is 6.03 Å². The van der Waals surface area contributed by atoms with Crippen LogP contribution in [0.1, 0.15) is 38.7 Å². The van der Waals surface area contributed by atoms with E-state index < -0.39 is 0 Å². The predicted molar refractivity (Wildman–Crippen MR) is 107 cm³/mol. The highest BCUT2D eigenvalue weighted by Crippen LogP contribution is 2.15. The van der Waals surface area contributed by atoms with Gasteiger partial charge in [0.15, 0.2) is 0 Å². The van der Waals surface area contributed by atoms with Gasteiger partial charge in [-0.15, -0.1) is 0 Å². The average Bonchev–Trinajstić information content (AvgIpc) is 2.65. The van der Waals surface area contributed by atoms with E-state index in [1.54, 1.807) is 7.11 Å². The fraction of sp³-hybridized carbons (Fsp3) is 0.667. The van der Waals surface area contributed by atoms with E-state index in [-0.39, 0.29) is 6.03 Å². The number of benzene rings is 1. The molecule has 0 aliphatic carbocycles. The number of methoxy groups -OCH3 is 1. The molecule has 1 aromatic rings. The number of unbranched alkanes of at least 4 members (excludes halogenated alkanes) is 1. The maximum atomic E-state index is 12.1. The normalized spacial score (nSPS) is 16.3. The number of likely N-dealkylation sites (N-methyl/N-ethyl adjacent to an activating group) is 1. The van der Waals surface area contributed by atoms with Crippen LogP contribution >= 0.6 is 0 Å². The topological polar surface area (TPSA) is 36.0 Å². The van der Waals surface area contributed by atoms with Gasteiger partial charge in [0.25, 0.3) is 0 Å². The van der Waals surface area contributed by atoms with Crippen LogP contribution in [0.15, 0.2) is 24.3 Å². The van der Waals surface area contributed by atoms with E-state index in [2.05, 4.69) is 30.9 Å². The lowest BCUT2D eigenvalue weighted by atomic mass is 10.1. The minimum atomic E-state index is 0.191. The molecule has 0 aromatic heterocycles. The van der Waals surface area contributed by atoms with Gasteiger partial charge < -0.3 is 19.4 Å². The van der Waals surface area contributed by atoms with Crippen LogP contribution in [0.3, 0.4) is 0 Å². The third-order valence-corrected chi connectivity index (χ3v) is 5.36. The molecule has 1 fully saturated rings. The van der Waals surface area contributed by atoms with E-state index in [1.165, 1.54) is 5.56 Å². The summed E-state index contributed by atoms with van der Waals surface area (Å²) in [6.45, 7) is 9.36. The highest BCUT2D eigenvalue weighted by atomic mass is 16.5. The lowest BCUT2D eigenvalue weighted by Crippen LogP contribution is -2.47. The highest BCUT2D eigenvalue weighted by Gasteiger charge is 2.22. The van der Waals surface area contributed by atoms with Gasteiger partial charge in [0, 0.05) is 32.7 Å². The number of nitrogens with zero attached hydrogens (tertiary/aromatic N) is 3. The van der Waals surface area contributed by atoms with E-state index in [4.69, 9.17) is 4.74 Å². The quantitative estimate of drug-likeness (QED) is 0.599. The van der Waals surface area contributed by atoms with Crippen molar-refractivity contribution in [2.45, 2.75) is 45.6 Å². The minimum absolute atomic E-state index is 0.191. The van der Waals surface area contributed by atoms with Crippen molar-refractivity contribution in [3.63, 3.8) is 0 Å². The second-order valence-corrected chi connectivity index (χ2v) is 7.28. The molecule has 1 aliphatic rings. The molecule has 0 N–H and O–H groups in total. The number of rotatable bonds is 10. The summed E-state index contributed by atoms with van der Waals surface area (Å²) in [6, 6.07) is 9.08. The number of hydrogen-bond donors (Lipinski definition) is 0. The van der Waals surface area contributed by atoms with Gasteiger partial charge in [-0.05, 0) is 63.4 Å². The standard InChI is InChI=1S/C21H35N3O2/c1-5-23(18(2)17-19-9-11-20(26-4)12-10-19)14-6-7-15-24-16-8-13-22(3)21(24)25/h9-12,18H,5-8,13-17H2,1-4H3. The van der Waals surface area contributed by atoms with Crippen LogP contribution in [0.25, 0.3) is 0 Å². The lowest BCUT2D eigenvalue weighted by Gasteiger charge is -2.33. The molecule has 0 saturated carbocycles. The van der Waals surface area contributed by atoms with E-state index in [0.717, 1.165) is 64.2 Å². The van der Waals surface area contributed by atoms with Crippen LogP contribution in [0.5, 0.6) is 5.75 Å². The first-order valence-corrected chi connectivity index (χ1v) is 9.92. The number of carbonyl (C=O) groups is 1. The Bertz CT molecular complexity index is 547. The van der Waals surface area contributed by atoms with Gasteiger partial charge in [0.2, 0.25) is 0 Å². The number of urea groups is 1. The van der Waals surface area contributed by atoms with Crippen molar-refractivity contribution >= 4 is 6.03 Å². The molecule has 26 heavy (non-hydrogen) atoms. The van der Waals surface area contributed by atoms with E-state index in [9.17, 15) is 4.79 Å². The molecule has 1 saturated heterocycles. The van der Waals surface area contributed by atoms with Crippen LogP contribution < -0.4 is 4.74 Å². The summed E-state index contributed by atoms with van der Waals surface area (Å²) >= 11 is 0. The summed E-state index contributed by atoms with van der Waals surface area (Å²) in [5.41, 5.74) is 1.35. The Morgan fingerprint density at radius 2 is 1.92 bits per heavy atom. The average molecular weight is 362 g/mol. The summed E-state index contributed by atoms with van der Waals surface area (Å²) in [6.07, 6.45) is 4.34. The van der Waals surface area contributed by atoms with Gasteiger partial charge in [0.05, 0.1) is 7.11 Å². The third-order valence-electron chi connectivity index (χ3n) is 5.36. The van der Waals surface area contributed by atoms with Gasteiger partial charge in [-0.2, -0.15) is 0 Å². The maximum absolute atomic E-state index is 12.1. The monoisotopic (exact) mass is 361 g/mol. The van der Waals surface area contributed by atoms with Crippen LogP contribution in [0.2, 0.25) is 0 Å². The number of ether oxygens (including phenoxy) is 1. The molecule has 1 atom stereocenters. The summed E-state index contributed by atoms with van der Waals surface area (Å²) in [5, 5.41) is 0. The summed E-state index contributed by atoms with van der Waals surface area (Å²) in [4.78, 5) is 18.5. The van der Waals surface area contributed by atoms with Crippen molar-refractivity contribution in [1.82, 2.24) is 14.7 Å². The van der Waals surface area contributed by atoms with Crippen molar-refractivity contribution in [3.05, 3.63) is 29.8 Å². The Morgan fingerprint density at radius 3 is 2.58 bits per heavy atom.